The van der Waals surface area contributed by atoms with Crippen LogP contribution in [0.2, 0.25) is 5.28 Å². The van der Waals surface area contributed by atoms with E-state index in [1.807, 2.05) is 68.1 Å². The van der Waals surface area contributed by atoms with Crippen molar-refractivity contribution in [1.29, 1.82) is 0 Å². The van der Waals surface area contributed by atoms with Crippen LogP contribution < -0.4 is 10.2 Å². The van der Waals surface area contributed by atoms with Crippen molar-refractivity contribution < 1.29 is 14.3 Å². The van der Waals surface area contributed by atoms with Crippen LogP contribution in [0.5, 0.6) is 0 Å². The first-order valence-corrected chi connectivity index (χ1v) is 11.1. The van der Waals surface area contributed by atoms with Crippen molar-refractivity contribution >= 4 is 45.9 Å². The zero-order valence-corrected chi connectivity index (χ0v) is 19.6. The second-order valence-electron chi connectivity index (χ2n) is 8.82. The number of nitrogens with zero attached hydrogens (tertiary/aromatic N) is 4. The number of hydrogen-bond acceptors (Lipinski definition) is 6. The van der Waals surface area contributed by atoms with Crippen molar-refractivity contribution in [3.63, 3.8) is 0 Å². The minimum absolute atomic E-state index is 0.00913. The Hall–Kier alpha value is -3.39. The summed E-state index contributed by atoms with van der Waals surface area (Å²) in [6.07, 6.45) is -0.335. The molecule has 0 bridgehead atoms. The monoisotopic (exact) mass is 467 g/mol. The molecule has 1 N–H and O–H groups in total. The van der Waals surface area contributed by atoms with Crippen molar-refractivity contribution in [3.8, 4) is 0 Å². The van der Waals surface area contributed by atoms with Crippen LogP contribution in [0.25, 0.3) is 10.8 Å². The van der Waals surface area contributed by atoms with E-state index in [0.717, 1.165) is 10.8 Å². The maximum absolute atomic E-state index is 13.0. The molecule has 3 aromatic rings. The number of anilines is 2. The summed E-state index contributed by atoms with van der Waals surface area (Å²) in [5.41, 5.74) is 0.327. The molecule has 0 aliphatic carbocycles. The maximum atomic E-state index is 13.0. The molecule has 2 aromatic carbocycles. The van der Waals surface area contributed by atoms with E-state index in [0.29, 0.717) is 37.7 Å². The summed E-state index contributed by atoms with van der Waals surface area (Å²) in [5, 5.41) is 4.88. The van der Waals surface area contributed by atoms with Gasteiger partial charge < -0.3 is 19.9 Å². The number of rotatable bonds is 3. The number of carbonyl (C=O) groups is 2. The van der Waals surface area contributed by atoms with Crippen LogP contribution in [0.3, 0.4) is 0 Å². The zero-order chi connectivity index (χ0) is 23.6. The fourth-order valence-electron chi connectivity index (χ4n) is 3.65. The van der Waals surface area contributed by atoms with Crippen LogP contribution in [-0.2, 0) is 4.74 Å². The first-order chi connectivity index (χ1) is 15.7. The molecular weight excluding hydrogens is 442 g/mol. The predicted octanol–water partition coefficient (Wildman–Crippen LogP) is 4.59. The molecule has 1 aliphatic rings. The molecule has 9 heteroatoms. The third-order valence-corrected chi connectivity index (χ3v) is 5.38. The van der Waals surface area contributed by atoms with Gasteiger partial charge >= 0.3 is 6.09 Å². The van der Waals surface area contributed by atoms with Gasteiger partial charge in [-0.25, -0.2) is 14.8 Å². The number of benzene rings is 2. The number of amides is 2. The van der Waals surface area contributed by atoms with Gasteiger partial charge in [0, 0.05) is 43.3 Å². The fourth-order valence-corrected chi connectivity index (χ4v) is 3.83. The molecule has 0 spiro atoms. The third kappa shape index (κ3) is 5.51. The smallest absolute Gasteiger partial charge is 0.410 e. The summed E-state index contributed by atoms with van der Waals surface area (Å²) < 4.78 is 5.44. The Labute approximate surface area is 197 Å². The molecule has 1 aliphatic heterocycles. The summed E-state index contributed by atoms with van der Waals surface area (Å²) >= 11 is 6.15. The Balaban J connectivity index is 1.47. The van der Waals surface area contributed by atoms with E-state index in [1.54, 1.807) is 11.0 Å². The highest BCUT2D eigenvalue weighted by Gasteiger charge is 2.27. The minimum Gasteiger partial charge on any atom is -0.444 e. The fraction of sp³-hybridized carbons (Fsp3) is 0.333. The van der Waals surface area contributed by atoms with E-state index in [4.69, 9.17) is 16.3 Å². The van der Waals surface area contributed by atoms with Gasteiger partial charge in [0.2, 0.25) is 5.28 Å². The average molecular weight is 468 g/mol. The van der Waals surface area contributed by atoms with Gasteiger partial charge in [0.05, 0.1) is 0 Å². The Morgan fingerprint density at radius 1 is 1.00 bits per heavy atom. The SMILES string of the molecule is CC(C)(C)OC(=O)N1CCN(c2cc(C(=O)Nc3cccc4ccccc34)nc(Cl)n2)CC1. The Morgan fingerprint density at radius 2 is 1.70 bits per heavy atom. The Bertz CT molecular complexity index is 1180. The van der Waals surface area contributed by atoms with Crippen LogP contribution in [-0.4, -0.2) is 58.6 Å². The lowest BCUT2D eigenvalue weighted by Gasteiger charge is -2.36. The van der Waals surface area contributed by atoms with Crippen molar-refractivity contribution in [2.75, 3.05) is 36.4 Å². The molecule has 2 amide bonds. The third-order valence-electron chi connectivity index (χ3n) is 5.21. The molecule has 4 rings (SSSR count). The van der Waals surface area contributed by atoms with Crippen LogP contribution in [0.15, 0.2) is 48.5 Å². The molecule has 172 valence electrons. The van der Waals surface area contributed by atoms with Crippen LogP contribution in [0, 0.1) is 0 Å². The van der Waals surface area contributed by atoms with Crippen LogP contribution in [0.1, 0.15) is 31.3 Å². The molecule has 0 radical (unpaired) electrons. The number of halogens is 1. The van der Waals surface area contributed by atoms with Crippen LogP contribution in [0.4, 0.5) is 16.3 Å². The molecular formula is C24H26ClN5O3. The first kappa shape index (κ1) is 22.8. The molecule has 0 saturated carbocycles. The van der Waals surface area contributed by atoms with E-state index >= 15 is 0 Å². The summed E-state index contributed by atoms with van der Waals surface area (Å²) in [6.45, 7) is 7.56. The van der Waals surface area contributed by atoms with Crippen molar-refractivity contribution in [1.82, 2.24) is 14.9 Å². The van der Waals surface area contributed by atoms with Crippen LogP contribution >= 0.6 is 11.6 Å². The second kappa shape index (κ2) is 9.23. The number of ether oxygens (including phenoxy) is 1. The normalized spacial score (nSPS) is 14.3. The summed E-state index contributed by atoms with van der Waals surface area (Å²) in [7, 11) is 0. The first-order valence-electron chi connectivity index (χ1n) is 10.8. The Morgan fingerprint density at radius 3 is 2.42 bits per heavy atom. The topological polar surface area (TPSA) is 87.7 Å². The van der Waals surface area contributed by atoms with Gasteiger partial charge in [-0.2, -0.15) is 0 Å². The van der Waals surface area contributed by atoms with E-state index in [-0.39, 0.29) is 23.0 Å². The van der Waals surface area contributed by atoms with E-state index in [9.17, 15) is 9.59 Å². The summed E-state index contributed by atoms with van der Waals surface area (Å²) in [6, 6.07) is 15.2. The van der Waals surface area contributed by atoms with E-state index in [1.165, 1.54) is 0 Å². The molecule has 1 fully saturated rings. The van der Waals surface area contributed by atoms with Gasteiger partial charge in [-0.1, -0.05) is 36.4 Å². The molecule has 1 aromatic heterocycles. The van der Waals surface area contributed by atoms with Gasteiger partial charge in [0.25, 0.3) is 5.91 Å². The standard InChI is InChI=1S/C24H26ClN5O3/c1-24(2,3)33-23(32)30-13-11-29(12-14-30)20-15-19(27-22(25)28-20)21(31)26-18-10-6-8-16-7-4-5-9-17(16)18/h4-10,15H,11-14H2,1-3H3,(H,26,31). The van der Waals surface area contributed by atoms with E-state index in [2.05, 4.69) is 15.3 Å². The lowest BCUT2D eigenvalue weighted by molar-refractivity contribution is 0.0240. The van der Waals surface area contributed by atoms with E-state index < -0.39 is 5.60 Å². The molecule has 0 unspecified atom stereocenters. The Kier molecular flexibility index (Phi) is 6.37. The summed E-state index contributed by atoms with van der Waals surface area (Å²) in [5.74, 6) is 0.172. The van der Waals surface area contributed by atoms with Crippen molar-refractivity contribution in [3.05, 3.63) is 59.5 Å². The number of hydrogen-bond donors (Lipinski definition) is 1. The molecule has 0 atom stereocenters. The average Bonchev–Trinajstić information content (AvgIpc) is 2.78. The number of nitrogens with one attached hydrogen (secondary N) is 1. The van der Waals surface area contributed by atoms with Crippen molar-refractivity contribution in [2.24, 2.45) is 0 Å². The predicted molar refractivity (Wildman–Crippen MR) is 129 cm³/mol. The molecule has 1 saturated heterocycles. The van der Waals surface area contributed by atoms with Gasteiger partial charge in [-0.05, 0) is 43.8 Å². The number of fused-ring (bicyclic) bond motifs is 1. The second-order valence-corrected chi connectivity index (χ2v) is 9.15. The van der Waals surface area contributed by atoms with Gasteiger partial charge in [0.1, 0.15) is 17.1 Å². The van der Waals surface area contributed by atoms with Crippen molar-refractivity contribution in [2.45, 2.75) is 26.4 Å². The summed E-state index contributed by atoms with van der Waals surface area (Å²) in [4.78, 5) is 37.3. The number of aromatic nitrogens is 2. The lowest BCUT2D eigenvalue weighted by Crippen LogP contribution is -2.50. The highest BCUT2D eigenvalue weighted by molar-refractivity contribution is 6.28. The molecule has 33 heavy (non-hydrogen) atoms. The number of piperazine rings is 1. The number of carbonyl (C=O) groups excluding carboxylic acids is 2. The quantitative estimate of drug-likeness (QED) is 0.567. The highest BCUT2D eigenvalue weighted by Crippen LogP contribution is 2.24. The molecule has 8 nitrogen and oxygen atoms in total. The van der Waals surface area contributed by atoms with Gasteiger partial charge in [-0.3, -0.25) is 4.79 Å². The highest BCUT2D eigenvalue weighted by atomic mass is 35.5. The largest absolute Gasteiger partial charge is 0.444 e. The zero-order valence-electron chi connectivity index (χ0n) is 18.8. The lowest BCUT2D eigenvalue weighted by atomic mass is 10.1. The maximum Gasteiger partial charge on any atom is 0.410 e. The van der Waals surface area contributed by atoms with Gasteiger partial charge in [0.15, 0.2) is 0 Å². The molecule has 2 heterocycles. The minimum atomic E-state index is -0.541. The van der Waals surface area contributed by atoms with Gasteiger partial charge in [-0.15, -0.1) is 0 Å².